The van der Waals surface area contributed by atoms with Gasteiger partial charge in [0.05, 0.1) is 6.54 Å². The summed E-state index contributed by atoms with van der Waals surface area (Å²) in [5.74, 6) is 0.143. The molecule has 3 rings (SSSR count). The maximum absolute atomic E-state index is 12.2. The Hall–Kier alpha value is -2.74. The van der Waals surface area contributed by atoms with Gasteiger partial charge in [0.2, 0.25) is 16.0 Å². The number of aromatic nitrogens is 3. The topological polar surface area (TPSA) is 79.6 Å². The van der Waals surface area contributed by atoms with Crippen LogP contribution in [0.3, 0.4) is 0 Å². The molecule has 2 aromatic heterocycles. The van der Waals surface area contributed by atoms with Gasteiger partial charge in [-0.05, 0) is 18.4 Å². The zero-order valence-electron chi connectivity index (χ0n) is 15.0. The minimum atomic E-state index is -0.218. The monoisotopic (exact) mass is 371 g/mol. The Morgan fingerprint density at radius 1 is 1.35 bits per heavy atom. The van der Waals surface area contributed by atoms with Gasteiger partial charge in [-0.25, -0.2) is 4.98 Å². The number of carbonyl (C=O) groups excluding carboxylic acids is 1. The van der Waals surface area contributed by atoms with Gasteiger partial charge in [-0.2, -0.15) is 4.52 Å². The summed E-state index contributed by atoms with van der Waals surface area (Å²) >= 11 is 1.28. The number of carbonyl (C=O) groups is 1. The number of hydrogen-bond acceptors (Lipinski definition) is 6. The van der Waals surface area contributed by atoms with Crippen molar-refractivity contribution in [3.8, 4) is 0 Å². The van der Waals surface area contributed by atoms with Crippen LogP contribution in [-0.2, 0) is 4.79 Å². The number of likely N-dealkylation sites (N-methyl/N-ethyl adjacent to an activating group) is 1. The first kappa shape index (κ1) is 18.1. The number of aryl methyl sites for hydroxylation is 1. The van der Waals surface area contributed by atoms with Crippen LogP contribution in [0.4, 0.5) is 5.13 Å². The highest BCUT2D eigenvalue weighted by molar-refractivity contribution is 7.20. The van der Waals surface area contributed by atoms with Crippen LogP contribution in [0.1, 0.15) is 24.1 Å². The van der Waals surface area contributed by atoms with E-state index < -0.39 is 0 Å². The van der Waals surface area contributed by atoms with E-state index in [0.717, 1.165) is 0 Å². The molecule has 0 fully saturated rings. The van der Waals surface area contributed by atoms with Gasteiger partial charge in [-0.15, -0.1) is 5.10 Å². The van der Waals surface area contributed by atoms with Gasteiger partial charge in [0, 0.05) is 25.4 Å². The summed E-state index contributed by atoms with van der Waals surface area (Å²) in [6.07, 6.45) is 0. The molecule has 1 atom stereocenters. The molecule has 0 aliphatic heterocycles. The normalized spacial score (nSPS) is 12.1. The Morgan fingerprint density at radius 2 is 2.08 bits per heavy atom. The SMILES string of the molecule is Cc1cc(=O)n2nc(N(C)CC(=O)NCC(C)c3ccccc3)sc2n1. The molecular weight excluding hydrogens is 350 g/mol. The fourth-order valence-electron chi connectivity index (χ4n) is 2.57. The van der Waals surface area contributed by atoms with E-state index in [1.54, 1.807) is 18.9 Å². The number of nitrogens with zero attached hydrogens (tertiary/aromatic N) is 4. The average molecular weight is 371 g/mol. The molecule has 1 amide bonds. The summed E-state index contributed by atoms with van der Waals surface area (Å²) in [6.45, 7) is 4.57. The predicted octanol–water partition coefficient (Wildman–Crippen LogP) is 1.82. The number of rotatable bonds is 6. The third-order valence-corrected chi connectivity index (χ3v) is 5.07. The minimum Gasteiger partial charge on any atom is -0.354 e. The van der Waals surface area contributed by atoms with Gasteiger partial charge in [-0.3, -0.25) is 9.59 Å². The molecule has 0 aliphatic carbocycles. The number of nitrogens with one attached hydrogen (secondary N) is 1. The lowest BCUT2D eigenvalue weighted by atomic mass is 10.0. The van der Waals surface area contributed by atoms with Crippen molar-refractivity contribution < 1.29 is 4.79 Å². The van der Waals surface area contributed by atoms with Crippen molar-refractivity contribution >= 4 is 27.3 Å². The van der Waals surface area contributed by atoms with Crippen molar-refractivity contribution in [1.82, 2.24) is 19.9 Å². The molecule has 0 spiro atoms. The molecule has 136 valence electrons. The van der Waals surface area contributed by atoms with E-state index in [4.69, 9.17) is 0 Å². The average Bonchev–Trinajstić information content (AvgIpc) is 3.05. The Balaban J connectivity index is 1.61. The second-order valence-electron chi connectivity index (χ2n) is 6.29. The van der Waals surface area contributed by atoms with Crippen LogP contribution in [0.5, 0.6) is 0 Å². The molecule has 1 unspecified atom stereocenters. The number of benzene rings is 1. The van der Waals surface area contributed by atoms with E-state index in [-0.39, 0.29) is 23.9 Å². The van der Waals surface area contributed by atoms with Crippen LogP contribution in [0.25, 0.3) is 4.96 Å². The first-order valence-electron chi connectivity index (χ1n) is 8.34. The van der Waals surface area contributed by atoms with Crippen LogP contribution >= 0.6 is 11.3 Å². The van der Waals surface area contributed by atoms with Crippen LogP contribution in [-0.4, -0.2) is 40.6 Å². The number of hydrogen-bond donors (Lipinski definition) is 1. The maximum atomic E-state index is 12.2. The van der Waals surface area contributed by atoms with Crippen molar-refractivity contribution in [2.24, 2.45) is 0 Å². The molecule has 0 radical (unpaired) electrons. The summed E-state index contributed by atoms with van der Waals surface area (Å²) in [7, 11) is 1.77. The quantitative estimate of drug-likeness (QED) is 0.715. The fourth-order valence-corrected chi connectivity index (χ4v) is 3.48. The highest BCUT2D eigenvalue weighted by Gasteiger charge is 2.15. The number of fused-ring (bicyclic) bond motifs is 1. The van der Waals surface area contributed by atoms with Gasteiger partial charge in [-0.1, -0.05) is 48.6 Å². The summed E-state index contributed by atoms with van der Waals surface area (Å²) in [5.41, 5.74) is 1.62. The van der Waals surface area contributed by atoms with Crippen molar-refractivity contribution in [3.63, 3.8) is 0 Å². The molecule has 8 heteroatoms. The Morgan fingerprint density at radius 3 is 2.81 bits per heavy atom. The predicted molar refractivity (Wildman–Crippen MR) is 103 cm³/mol. The third kappa shape index (κ3) is 4.08. The van der Waals surface area contributed by atoms with Crippen molar-refractivity contribution in [2.45, 2.75) is 19.8 Å². The molecule has 26 heavy (non-hydrogen) atoms. The van der Waals surface area contributed by atoms with Gasteiger partial charge < -0.3 is 10.2 Å². The van der Waals surface area contributed by atoms with Crippen molar-refractivity contribution in [3.05, 3.63) is 58.0 Å². The smallest absolute Gasteiger partial charge is 0.275 e. The van der Waals surface area contributed by atoms with E-state index >= 15 is 0 Å². The van der Waals surface area contributed by atoms with Crippen LogP contribution in [0.15, 0.2) is 41.2 Å². The summed E-state index contributed by atoms with van der Waals surface area (Å²) < 4.78 is 1.26. The van der Waals surface area contributed by atoms with Gasteiger partial charge in [0.1, 0.15) is 0 Å². The summed E-state index contributed by atoms with van der Waals surface area (Å²) in [4.78, 5) is 30.7. The largest absolute Gasteiger partial charge is 0.354 e. The molecule has 0 bridgehead atoms. The Bertz CT molecular complexity index is 967. The van der Waals surface area contributed by atoms with Crippen molar-refractivity contribution in [2.75, 3.05) is 25.0 Å². The molecule has 0 saturated heterocycles. The molecule has 3 aromatic rings. The number of amides is 1. The van der Waals surface area contributed by atoms with Crippen molar-refractivity contribution in [1.29, 1.82) is 0 Å². The lowest BCUT2D eigenvalue weighted by Gasteiger charge is -2.17. The van der Waals surface area contributed by atoms with E-state index in [1.165, 1.54) is 27.5 Å². The molecule has 1 N–H and O–H groups in total. The van der Waals surface area contributed by atoms with E-state index in [1.807, 2.05) is 18.2 Å². The third-order valence-electron chi connectivity index (χ3n) is 4.04. The Labute approximate surface area is 155 Å². The van der Waals surface area contributed by atoms with Gasteiger partial charge in [0.15, 0.2) is 0 Å². The highest BCUT2D eigenvalue weighted by atomic mass is 32.1. The molecule has 7 nitrogen and oxygen atoms in total. The first-order chi connectivity index (χ1) is 12.4. The first-order valence-corrected chi connectivity index (χ1v) is 9.16. The highest BCUT2D eigenvalue weighted by Crippen LogP contribution is 2.20. The lowest BCUT2D eigenvalue weighted by Crippen LogP contribution is -2.36. The fraction of sp³-hybridized carbons (Fsp3) is 0.333. The summed E-state index contributed by atoms with van der Waals surface area (Å²) in [6, 6.07) is 11.5. The van der Waals surface area contributed by atoms with E-state index in [0.29, 0.717) is 22.3 Å². The standard InChI is InChI=1S/C18H21N5O2S/c1-12(14-7-5-4-6-8-14)10-19-15(24)11-22(3)18-21-23-16(25)9-13(2)20-17(23)26-18/h4-9,12H,10-11H2,1-3H3,(H,19,24). The summed E-state index contributed by atoms with van der Waals surface area (Å²) in [5, 5.41) is 7.78. The molecule has 0 saturated carbocycles. The van der Waals surface area contributed by atoms with Crippen LogP contribution in [0.2, 0.25) is 0 Å². The van der Waals surface area contributed by atoms with Gasteiger partial charge >= 0.3 is 0 Å². The maximum Gasteiger partial charge on any atom is 0.275 e. The number of anilines is 1. The van der Waals surface area contributed by atoms with Gasteiger partial charge in [0.25, 0.3) is 5.56 Å². The van der Waals surface area contributed by atoms with Crippen LogP contribution in [0, 0.1) is 6.92 Å². The van der Waals surface area contributed by atoms with E-state index in [9.17, 15) is 9.59 Å². The molecule has 1 aromatic carbocycles. The zero-order valence-corrected chi connectivity index (χ0v) is 15.8. The minimum absolute atomic E-state index is 0.0916. The molecule has 0 aliphatic rings. The molecular formula is C18H21N5O2S. The Kier molecular flexibility index (Phi) is 5.32. The van der Waals surface area contributed by atoms with E-state index in [2.05, 4.69) is 34.5 Å². The lowest BCUT2D eigenvalue weighted by molar-refractivity contribution is -0.119. The van der Waals surface area contributed by atoms with Crippen LogP contribution < -0.4 is 15.8 Å². The second kappa shape index (κ2) is 7.65. The molecule has 2 heterocycles. The second-order valence-corrected chi connectivity index (χ2v) is 7.22. The zero-order chi connectivity index (χ0) is 18.7.